The van der Waals surface area contributed by atoms with Crippen LogP contribution in [-0.4, -0.2) is 42.1 Å². The van der Waals surface area contributed by atoms with Crippen molar-refractivity contribution in [1.29, 1.82) is 0 Å². The highest BCUT2D eigenvalue weighted by Crippen LogP contribution is 2.45. The summed E-state index contributed by atoms with van der Waals surface area (Å²) in [6, 6.07) is 16.7. The van der Waals surface area contributed by atoms with Gasteiger partial charge < -0.3 is 19.3 Å². The summed E-state index contributed by atoms with van der Waals surface area (Å²) in [4.78, 5) is 32.9. The van der Waals surface area contributed by atoms with Crippen LogP contribution in [0.4, 0.5) is 5.13 Å². The van der Waals surface area contributed by atoms with E-state index in [1.165, 1.54) is 16.2 Å². The number of amides is 1. The Balaban J connectivity index is 1.52. The molecule has 2 aliphatic rings. The van der Waals surface area contributed by atoms with Gasteiger partial charge in [0.25, 0.3) is 5.78 Å². The van der Waals surface area contributed by atoms with Crippen LogP contribution in [-0.2, 0) is 9.59 Å². The number of thiazole rings is 1. The van der Waals surface area contributed by atoms with Gasteiger partial charge in [-0.2, -0.15) is 0 Å². The number of halogens is 1. The van der Waals surface area contributed by atoms with E-state index in [0.717, 1.165) is 9.17 Å². The van der Waals surface area contributed by atoms with E-state index >= 15 is 0 Å². The van der Waals surface area contributed by atoms with Gasteiger partial charge in [0, 0.05) is 10.0 Å². The second-order valence-corrected chi connectivity index (χ2v) is 10.3. The van der Waals surface area contributed by atoms with Crippen LogP contribution in [0.2, 0.25) is 0 Å². The van der Waals surface area contributed by atoms with Gasteiger partial charge in [0.1, 0.15) is 24.7 Å². The molecule has 0 aliphatic carbocycles. The Kier molecular flexibility index (Phi) is 5.85. The number of benzene rings is 3. The number of methoxy groups -OCH3 is 1. The summed E-state index contributed by atoms with van der Waals surface area (Å²) in [5, 5.41) is 11.8. The van der Waals surface area contributed by atoms with Gasteiger partial charge in [-0.15, -0.1) is 0 Å². The Morgan fingerprint density at radius 2 is 1.81 bits per heavy atom. The van der Waals surface area contributed by atoms with Gasteiger partial charge in [-0.05, 0) is 54.1 Å². The number of hydrogen-bond acceptors (Lipinski definition) is 8. The topological polar surface area (TPSA) is 98.2 Å². The third-order valence-corrected chi connectivity index (χ3v) is 7.78. The molecule has 0 radical (unpaired) electrons. The molecule has 186 valence electrons. The maximum Gasteiger partial charge on any atom is 0.301 e. The molecule has 3 aromatic carbocycles. The standard InChI is InChI=1S/C27H19BrN2O6S/c1-34-17-7-8-18-21(13-17)37-27(29-18)30-23(14-2-5-16(28)6-3-14)22(25(32)26(30)33)24(31)15-4-9-19-20(12-15)36-11-10-35-19/h2-9,12-13,23,31H,10-11H2,1H3/b24-22-. The van der Waals surface area contributed by atoms with Crippen molar-refractivity contribution in [2.45, 2.75) is 6.04 Å². The van der Waals surface area contributed by atoms with Gasteiger partial charge >= 0.3 is 5.91 Å². The van der Waals surface area contributed by atoms with E-state index in [4.69, 9.17) is 14.2 Å². The molecule has 1 saturated heterocycles. The molecule has 0 saturated carbocycles. The summed E-state index contributed by atoms with van der Waals surface area (Å²) >= 11 is 4.70. The molecule has 1 fully saturated rings. The minimum Gasteiger partial charge on any atom is -0.507 e. The van der Waals surface area contributed by atoms with Gasteiger partial charge in [-0.25, -0.2) is 4.98 Å². The Morgan fingerprint density at radius 1 is 1.05 bits per heavy atom. The number of fused-ring (bicyclic) bond motifs is 2. The lowest BCUT2D eigenvalue weighted by Gasteiger charge is -2.23. The highest BCUT2D eigenvalue weighted by Gasteiger charge is 2.48. The van der Waals surface area contributed by atoms with Gasteiger partial charge in [0.15, 0.2) is 16.6 Å². The third-order valence-electron chi connectivity index (χ3n) is 6.24. The molecule has 37 heavy (non-hydrogen) atoms. The van der Waals surface area contributed by atoms with Crippen LogP contribution in [0.15, 0.2) is 70.7 Å². The quantitative estimate of drug-likeness (QED) is 0.195. The second-order valence-electron chi connectivity index (χ2n) is 8.41. The largest absolute Gasteiger partial charge is 0.507 e. The summed E-state index contributed by atoms with van der Waals surface area (Å²) in [5.74, 6) is -0.182. The number of aliphatic hydroxyl groups is 1. The number of ketones is 1. The van der Waals surface area contributed by atoms with Crippen molar-refractivity contribution in [1.82, 2.24) is 4.98 Å². The maximum absolute atomic E-state index is 13.5. The average Bonchev–Trinajstić information content (AvgIpc) is 3.46. The van der Waals surface area contributed by atoms with Crippen molar-refractivity contribution in [3.63, 3.8) is 0 Å². The molecule has 1 amide bonds. The number of Topliss-reactive ketones (excluding diaryl/α,β-unsaturated/α-hetero) is 1. The van der Waals surface area contributed by atoms with Crippen LogP contribution in [0.3, 0.4) is 0 Å². The van der Waals surface area contributed by atoms with Crippen LogP contribution < -0.4 is 19.1 Å². The van der Waals surface area contributed by atoms with Gasteiger partial charge in [-0.1, -0.05) is 39.4 Å². The molecule has 0 bridgehead atoms. The number of ether oxygens (including phenoxy) is 3. The number of nitrogens with zero attached hydrogens (tertiary/aromatic N) is 2. The number of aromatic nitrogens is 1. The zero-order valence-corrected chi connectivity index (χ0v) is 21.8. The van der Waals surface area contributed by atoms with Gasteiger partial charge in [-0.3, -0.25) is 14.5 Å². The van der Waals surface area contributed by atoms with Crippen LogP contribution in [0.1, 0.15) is 17.2 Å². The minimum absolute atomic E-state index is 0.0270. The average molecular weight is 579 g/mol. The molecule has 10 heteroatoms. The van der Waals surface area contributed by atoms with Gasteiger partial charge in [0.05, 0.1) is 28.9 Å². The molecule has 6 rings (SSSR count). The summed E-state index contributed by atoms with van der Waals surface area (Å²) in [6.07, 6.45) is 0. The lowest BCUT2D eigenvalue weighted by molar-refractivity contribution is -0.132. The van der Waals surface area contributed by atoms with Crippen molar-refractivity contribution in [3.05, 3.63) is 81.8 Å². The molecule has 1 atom stereocenters. The van der Waals surface area contributed by atoms with Crippen molar-refractivity contribution >= 4 is 60.1 Å². The molecule has 1 unspecified atom stereocenters. The SMILES string of the molecule is COc1ccc2nc(N3C(=O)C(=O)/C(=C(\O)c4ccc5c(c4)OCCO5)C3c3ccc(Br)cc3)sc2c1. The first-order chi connectivity index (χ1) is 17.9. The lowest BCUT2D eigenvalue weighted by atomic mass is 9.95. The molecule has 2 aliphatic heterocycles. The normalized spacial score (nSPS) is 18.4. The van der Waals surface area contributed by atoms with Crippen molar-refractivity contribution < 1.29 is 28.9 Å². The van der Waals surface area contributed by atoms with Crippen molar-refractivity contribution in [3.8, 4) is 17.2 Å². The number of hydrogen-bond donors (Lipinski definition) is 1. The first-order valence-corrected chi connectivity index (χ1v) is 13.0. The van der Waals surface area contributed by atoms with Crippen LogP contribution in [0, 0.1) is 0 Å². The smallest absolute Gasteiger partial charge is 0.301 e. The van der Waals surface area contributed by atoms with Crippen LogP contribution in [0.25, 0.3) is 16.0 Å². The highest BCUT2D eigenvalue weighted by atomic mass is 79.9. The Morgan fingerprint density at radius 3 is 2.57 bits per heavy atom. The minimum atomic E-state index is -0.885. The van der Waals surface area contributed by atoms with E-state index in [9.17, 15) is 14.7 Å². The Hall–Kier alpha value is -3.89. The van der Waals surface area contributed by atoms with Crippen molar-refractivity contribution in [2.75, 3.05) is 25.2 Å². The highest BCUT2D eigenvalue weighted by molar-refractivity contribution is 9.10. The van der Waals surface area contributed by atoms with E-state index in [1.54, 1.807) is 49.6 Å². The van der Waals surface area contributed by atoms with E-state index < -0.39 is 17.7 Å². The van der Waals surface area contributed by atoms with E-state index in [-0.39, 0.29) is 11.3 Å². The fourth-order valence-electron chi connectivity index (χ4n) is 4.46. The summed E-state index contributed by atoms with van der Waals surface area (Å²) in [5.41, 5.74) is 1.64. The first-order valence-electron chi connectivity index (χ1n) is 11.4. The number of carbonyl (C=O) groups excluding carboxylic acids is 2. The second kappa shape index (κ2) is 9.20. The number of anilines is 1. The first kappa shape index (κ1) is 23.5. The Bertz CT molecular complexity index is 1600. The van der Waals surface area contributed by atoms with E-state index in [1.807, 2.05) is 18.2 Å². The van der Waals surface area contributed by atoms with Gasteiger partial charge in [0.2, 0.25) is 0 Å². The summed E-state index contributed by atoms with van der Waals surface area (Å²) < 4.78 is 18.2. The van der Waals surface area contributed by atoms with Crippen LogP contribution in [0.5, 0.6) is 17.2 Å². The van der Waals surface area contributed by atoms with Crippen molar-refractivity contribution in [2.24, 2.45) is 0 Å². The molecule has 1 aromatic heterocycles. The fourth-order valence-corrected chi connectivity index (χ4v) is 5.74. The molecular weight excluding hydrogens is 560 g/mol. The lowest BCUT2D eigenvalue weighted by Crippen LogP contribution is -2.29. The molecule has 0 spiro atoms. The predicted octanol–water partition coefficient (Wildman–Crippen LogP) is 5.46. The van der Waals surface area contributed by atoms with Crippen LogP contribution >= 0.6 is 27.3 Å². The molecule has 4 aromatic rings. The molecular formula is C27H19BrN2O6S. The number of rotatable bonds is 4. The predicted molar refractivity (Wildman–Crippen MR) is 143 cm³/mol. The molecule has 8 nitrogen and oxygen atoms in total. The fraction of sp³-hybridized carbons (Fsp3) is 0.148. The zero-order valence-electron chi connectivity index (χ0n) is 19.4. The third kappa shape index (κ3) is 4.02. The summed E-state index contributed by atoms with van der Waals surface area (Å²) in [7, 11) is 1.58. The zero-order chi connectivity index (χ0) is 25.7. The molecule has 1 N–H and O–H groups in total. The Labute approximate surface area is 223 Å². The number of aliphatic hydroxyl groups excluding tert-OH is 1. The van der Waals surface area contributed by atoms with E-state index in [2.05, 4.69) is 20.9 Å². The summed E-state index contributed by atoms with van der Waals surface area (Å²) in [6.45, 7) is 0.809. The molecule has 3 heterocycles. The van der Waals surface area contributed by atoms with E-state index in [0.29, 0.717) is 52.2 Å². The maximum atomic E-state index is 13.5. The number of carbonyl (C=O) groups is 2. The monoisotopic (exact) mass is 578 g/mol.